The Hall–Kier alpha value is -9.68. The molecule has 9 heterocycles. The van der Waals surface area contributed by atoms with Crippen LogP contribution in [0.4, 0.5) is 0 Å². The monoisotopic (exact) mass is 926 g/mol. The van der Waals surface area contributed by atoms with Gasteiger partial charge >= 0.3 is 0 Å². The molecule has 0 spiro atoms. The van der Waals surface area contributed by atoms with Gasteiger partial charge in [-0.15, -0.1) is 0 Å². The molecule has 0 saturated carbocycles. The molecule has 338 valence electrons. The molecule has 13 aromatic rings. The summed E-state index contributed by atoms with van der Waals surface area (Å²) in [6.07, 6.45) is 8.38. The van der Waals surface area contributed by atoms with Crippen molar-refractivity contribution >= 4 is 135 Å². The first-order valence-corrected chi connectivity index (χ1v) is 23.9. The van der Waals surface area contributed by atoms with Crippen LogP contribution in [0.15, 0.2) is 121 Å². The molecule has 2 aliphatic heterocycles. The summed E-state index contributed by atoms with van der Waals surface area (Å²) in [5.74, 6) is 0. The van der Waals surface area contributed by atoms with Crippen LogP contribution in [0.2, 0.25) is 0 Å². The molecule has 0 aliphatic carbocycles. The molecule has 0 amide bonds. The molecule has 7 aromatic heterocycles. The Morgan fingerprint density at radius 3 is 0.931 bits per heavy atom. The van der Waals surface area contributed by atoms with E-state index in [9.17, 15) is 0 Å². The van der Waals surface area contributed by atoms with Gasteiger partial charge in [-0.1, -0.05) is 24.3 Å². The lowest BCUT2D eigenvalue weighted by Gasteiger charge is -2.09. The Balaban J connectivity index is 0.947. The fraction of sp³-hybridized carbons (Fsp3) is 0.0667. The number of aromatic amines is 2. The highest BCUT2D eigenvalue weighted by Gasteiger charge is 2.19. The van der Waals surface area contributed by atoms with Crippen LogP contribution in [0.1, 0.15) is 45.0 Å². The summed E-state index contributed by atoms with van der Waals surface area (Å²) in [4.78, 5) is 58.6. The maximum Gasteiger partial charge on any atom is 0.0917 e. The second kappa shape index (κ2) is 14.9. The van der Waals surface area contributed by atoms with Gasteiger partial charge in [0.2, 0.25) is 0 Å². The molecule has 0 saturated heterocycles. The summed E-state index contributed by atoms with van der Waals surface area (Å²) in [5, 5.41) is 0. The third-order valence-electron chi connectivity index (χ3n) is 14.1. The Labute approximate surface area is 409 Å². The molecule has 8 bridgehead atoms. The lowest BCUT2D eigenvalue weighted by Crippen LogP contribution is -1.93. The molecule has 15 rings (SSSR count). The molecule has 2 aliphatic rings. The average molecular weight is 927 g/mol. The highest BCUT2D eigenvalue weighted by Crippen LogP contribution is 2.37. The minimum Gasteiger partial charge on any atom is -0.355 e. The summed E-state index contributed by atoms with van der Waals surface area (Å²) >= 11 is 0. The fourth-order valence-electron chi connectivity index (χ4n) is 10.3. The lowest BCUT2D eigenvalue weighted by molar-refractivity contribution is 1.24. The number of nitrogens with zero attached hydrogens (tertiary/aromatic N) is 10. The van der Waals surface area contributed by atoms with Crippen LogP contribution < -0.4 is 0 Å². The Kier molecular flexibility index (Phi) is 8.33. The number of hydrogen-bond acceptors (Lipinski definition) is 10. The Morgan fingerprint density at radius 2 is 0.542 bits per heavy atom. The van der Waals surface area contributed by atoms with Gasteiger partial charge in [-0.3, -0.25) is 0 Å². The number of H-pyrrole nitrogens is 2. The number of hydrogen-bond donors (Lipinski definition) is 2. The van der Waals surface area contributed by atoms with Crippen LogP contribution in [0.25, 0.3) is 157 Å². The zero-order valence-corrected chi connectivity index (χ0v) is 39.3. The van der Waals surface area contributed by atoms with Crippen LogP contribution in [0.5, 0.6) is 0 Å². The van der Waals surface area contributed by atoms with Gasteiger partial charge in [0, 0.05) is 33.2 Å². The van der Waals surface area contributed by atoms with Crippen molar-refractivity contribution in [3.8, 4) is 22.3 Å². The Bertz CT molecular complexity index is 4570. The van der Waals surface area contributed by atoms with E-state index in [1.807, 2.05) is 48.5 Å². The van der Waals surface area contributed by atoms with E-state index in [1.165, 1.54) is 0 Å². The second-order valence-corrected chi connectivity index (χ2v) is 18.9. The highest BCUT2D eigenvalue weighted by molar-refractivity contribution is 6.02. The Morgan fingerprint density at radius 1 is 0.250 bits per heavy atom. The standard InChI is InChI=1S/C60H38N12/c1-29-5-9-39-47(21-29)69-55-25-53-57(27-51(55)64-39)71-49-23-33(7-11-41(49)66-53)59-43-17-15-37(62-43)31(3)35-13-14-36(61-35)32(4)38-16-18-44(63-38)60(46-20-19-45(59)68-46)34-8-12-42-50(24-34)72-58-28-52-56(26-54(58)67-42)70-48-22-30(2)6-10-40(48)65-52/h5-28,62-63H,1-4H3. The molecule has 2 N–H and O–H groups in total. The van der Waals surface area contributed by atoms with Gasteiger partial charge in [-0.25, -0.2) is 49.8 Å². The van der Waals surface area contributed by atoms with E-state index in [0.29, 0.717) is 0 Å². The topological polar surface area (TPSA) is 160 Å². The van der Waals surface area contributed by atoms with Crippen LogP contribution in [-0.2, 0) is 0 Å². The average Bonchev–Trinajstić information content (AvgIpc) is 4.24. The van der Waals surface area contributed by atoms with Gasteiger partial charge in [0.05, 0.1) is 111 Å². The normalized spacial score (nSPS) is 12.6. The third-order valence-corrected chi connectivity index (χ3v) is 14.1. The van der Waals surface area contributed by atoms with Crippen LogP contribution in [0, 0.1) is 27.7 Å². The van der Waals surface area contributed by atoms with Crippen LogP contribution >= 0.6 is 0 Å². The molecule has 12 nitrogen and oxygen atoms in total. The van der Waals surface area contributed by atoms with Crippen LogP contribution in [0.3, 0.4) is 0 Å². The summed E-state index contributed by atoms with van der Waals surface area (Å²) in [7, 11) is 0. The second-order valence-electron chi connectivity index (χ2n) is 18.9. The van der Waals surface area contributed by atoms with Crippen molar-refractivity contribution in [2.45, 2.75) is 27.7 Å². The summed E-state index contributed by atoms with van der Waals surface area (Å²) in [6.45, 7) is 8.34. The number of nitrogens with one attached hydrogen (secondary N) is 2. The number of aryl methyl sites for hydroxylation is 4. The van der Waals surface area contributed by atoms with Crippen molar-refractivity contribution in [2.75, 3.05) is 0 Å². The van der Waals surface area contributed by atoms with Crippen LogP contribution in [-0.4, -0.2) is 59.8 Å². The van der Waals surface area contributed by atoms with Gasteiger partial charge in [-0.2, -0.15) is 0 Å². The number of rotatable bonds is 2. The largest absolute Gasteiger partial charge is 0.355 e. The summed E-state index contributed by atoms with van der Waals surface area (Å²) in [6, 6.07) is 41.2. The first-order valence-electron chi connectivity index (χ1n) is 23.9. The van der Waals surface area contributed by atoms with Crippen molar-refractivity contribution in [1.82, 2.24) is 59.8 Å². The molecule has 0 radical (unpaired) electrons. The van der Waals surface area contributed by atoms with Crippen molar-refractivity contribution in [2.24, 2.45) is 0 Å². The van der Waals surface area contributed by atoms with Crippen molar-refractivity contribution in [3.63, 3.8) is 0 Å². The van der Waals surface area contributed by atoms with E-state index >= 15 is 0 Å². The van der Waals surface area contributed by atoms with Gasteiger partial charge in [0.25, 0.3) is 0 Å². The number of benzene rings is 6. The van der Waals surface area contributed by atoms with Gasteiger partial charge < -0.3 is 9.97 Å². The minimum atomic E-state index is 0.745. The molecule has 72 heavy (non-hydrogen) atoms. The van der Waals surface area contributed by atoms with E-state index in [4.69, 9.17) is 49.8 Å². The molecular weight excluding hydrogens is 889 g/mol. The van der Waals surface area contributed by atoms with E-state index in [1.54, 1.807) is 0 Å². The lowest BCUT2D eigenvalue weighted by atomic mass is 10.0. The molecule has 6 aromatic carbocycles. The maximum absolute atomic E-state index is 5.52. The summed E-state index contributed by atoms with van der Waals surface area (Å²) < 4.78 is 0. The smallest absolute Gasteiger partial charge is 0.0917 e. The van der Waals surface area contributed by atoms with E-state index in [-0.39, 0.29) is 0 Å². The van der Waals surface area contributed by atoms with E-state index in [0.717, 1.165) is 178 Å². The molecule has 0 fully saturated rings. The molecular formula is C60H38N12. The predicted octanol–water partition coefficient (Wildman–Crippen LogP) is 13.6. The zero-order chi connectivity index (χ0) is 47.9. The minimum absolute atomic E-state index is 0.745. The van der Waals surface area contributed by atoms with E-state index in [2.05, 4.69) is 135 Å². The molecule has 12 heteroatoms. The third kappa shape index (κ3) is 6.39. The van der Waals surface area contributed by atoms with Gasteiger partial charge in [0.1, 0.15) is 0 Å². The van der Waals surface area contributed by atoms with Crippen molar-refractivity contribution in [1.29, 1.82) is 0 Å². The first kappa shape index (κ1) is 40.2. The van der Waals surface area contributed by atoms with Gasteiger partial charge in [0.15, 0.2) is 0 Å². The van der Waals surface area contributed by atoms with Crippen molar-refractivity contribution in [3.05, 3.63) is 166 Å². The zero-order valence-electron chi connectivity index (χ0n) is 39.3. The van der Waals surface area contributed by atoms with Crippen molar-refractivity contribution < 1.29 is 0 Å². The SMILES string of the molecule is Cc1ccc2nc3cc4nc5cc(-c6c7nc(c(-c8ccc9nc%10cc%11nc%12cc(C)ccc%12nc%11cc%10nc9c8)c8ccc([nH]8)c(C)c8nc(c(C)c9ccc6[nH]9)C=C8)C=C7)ccc5nc4cc3nc2c1. The summed E-state index contributed by atoms with van der Waals surface area (Å²) in [5.41, 5.74) is 27.8. The highest BCUT2D eigenvalue weighted by atomic mass is 14.9. The molecule has 0 unspecified atom stereocenters. The number of fused-ring (bicyclic) bond motifs is 16. The first-order chi connectivity index (χ1) is 35.2. The fourth-order valence-corrected chi connectivity index (χ4v) is 10.3. The quantitative estimate of drug-likeness (QED) is 0.160. The number of aromatic nitrogens is 12. The predicted molar refractivity (Wildman–Crippen MR) is 291 cm³/mol. The van der Waals surface area contributed by atoms with E-state index < -0.39 is 0 Å². The van der Waals surface area contributed by atoms with Gasteiger partial charge in [-0.05, 0) is 182 Å². The maximum atomic E-state index is 5.52. The molecule has 0 atom stereocenters.